The molecule has 0 saturated heterocycles. The average molecular weight is 164 g/mol. The lowest BCUT2D eigenvalue weighted by Crippen LogP contribution is -2.32. The normalized spacial score (nSPS) is 28.4. The molecule has 2 N–H and O–H groups in total. The maximum absolute atomic E-state index is 3.30. The first-order valence-corrected chi connectivity index (χ1v) is 4.69. The van der Waals surface area contributed by atoms with Crippen molar-refractivity contribution < 1.29 is 0 Å². The first-order chi connectivity index (χ1) is 5.92. The summed E-state index contributed by atoms with van der Waals surface area (Å²) in [6.07, 6.45) is 4.75. The molecular formula is C10H16N2. The Labute approximate surface area is 73.4 Å². The Morgan fingerprint density at radius 3 is 3.00 bits per heavy atom. The molecule has 1 heterocycles. The van der Waals surface area contributed by atoms with E-state index < -0.39 is 0 Å². The van der Waals surface area contributed by atoms with Crippen molar-refractivity contribution in [1.82, 2.24) is 10.3 Å². The molecule has 1 aliphatic carbocycles. The zero-order valence-electron chi connectivity index (χ0n) is 7.51. The van der Waals surface area contributed by atoms with Gasteiger partial charge in [-0.1, -0.05) is 0 Å². The number of H-pyrrole nitrogens is 1. The molecule has 2 nitrogen and oxygen atoms in total. The molecule has 66 valence electrons. The zero-order chi connectivity index (χ0) is 8.39. The Bertz CT molecular complexity index is 228. The fourth-order valence-corrected chi connectivity index (χ4v) is 2.06. The van der Waals surface area contributed by atoms with Gasteiger partial charge in [-0.3, -0.25) is 0 Å². The molecule has 0 amide bonds. The summed E-state index contributed by atoms with van der Waals surface area (Å²) >= 11 is 0. The summed E-state index contributed by atoms with van der Waals surface area (Å²) < 4.78 is 0. The van der Waals surface area contributed by atoms with Crippen LogP contribution < -0.4 is 5.32 Å². The Morgan fingerprint density at radius 2 is 2.50 bits per heavy atom. The van der Waals surface area contributed by atoms with Gasteiger partial charge in [0.15, 0.2) is 0 Å². The van der Waals surface area contributed by atoms with E-state index in [1.807, 2.05) is 13.2 Å². The van der Waals surface area contributed by atoms with Gasteiger partial charge in [0.2, 0.25) is 0 Å². The van der Waals surface area contributed by atoms with Crippen LogP contribution >= 0.6 is 0 Å². The summed E-state index contributed by atoms with van der Waals surface area (Å²) in [5.41, 5.74) is 1.42. The molecule has 1 aromatic rings. The molecular weight excluding hydrogens is 148 g/mol. The van der Waals surface area contributed by atoms with Crippen molar-refractivity contribution in [1.29, 1.82) is 0 Å². The van der Waals surface area contributed by atoms with E-state index in [1.54, 1.807) is 0 Å². The summed E-state index contributed by atoms with van der Waals surface area (Å²) in [5, 5.41) is 3.25. The first-order valence-electron chi connectivity index (χ1n) is 4.69. The summed E-state index contributed by atoms with van der Waals surface area (Å²) in [4.78, 5) is 3.30. The lowest BCUT2D eigenvalue weighted by Gasteiger charge is -2.36. The van der Waals surface area contributed by atoms with Crippen LogP contribution in [0.1, 0.15) is 24.5 Å². The summed E-state index contributed by atoms with van der Waals surface area (Å²) in [6.45, 7) is 1.16. The van der Waals surface area contributed by atoms with E-state index in [9.17, 15) is 0 Å². The van der Waals surface area contributed by atoms with Crippen molar-refractivity contribution in [2.45, 2.75) is 18.8 Å². The van der Waals surface area contributed by atoms with Crippen LogP contribution in [0.25, 0.3) is 0 Å². The minimum absolute atomic E-state index is 0.785. The maximum Gasteiger partial charge on any atom is 0.0181 e. The van der Waals surface area contributed by atoms with E-state index >= 15 is 0 Å². The van der Waals surface area contributed by atoms with Crippen LogP contribution in [0.3, 0.4) is 0 Å². The van der Waals surface area contributed by atoms with E-state index in [4.69, 9.17) is 0 Å². The SMILES string of the molecule is CNCC1CCC1c1ccc[nH]1. The van der Waals surface area contributed by atoms with Crippen molar-refractivity contribution >= 4 is 0 Å². The molecule has 2 heteroatoms. The molecule has 1 aromatic heterocycles. The fourth-order valence-electron chi connectivity index (χ4n) is 2.06. The third kappa shape index (κ3) is 1.27. The molecule has 1 aliphatic rings. The molecule has 12 heavy (non-hydrogen) atoms. The monoisotopic (exact) mass is 164 g/mol. The molecule has 1 fully saturated rings. The van der Waals surface area contributed by atoms with Crippen LogP contribution in [0, 0.1) is 5.92 Å². The van der Waals surface area contributed by atoms with Crippen LogP contribution in [0.15, 0.2) is 18.3 Å². The molecule has 0 spiro atoms. The first kappa shape index (κ1) is 7.87. The van der Waals surface area contributed by atoms with E-state index in [0.29, 0.717) is 0 Å². The highest BCUT2D eigenvalue weighted by Crippen LogP contribution is 2.41. The van der Waals surface area contributed by atoms with Gasteiger partial charge < -0.3 is 10.3 Å². The topological polar surface area (TPSA) is 27.8 Å². The minimum Gasteiger partial charge on any atom is -0.365 e. The average Bonchev–Trinajstić information content (AvgIpc) is 2.51. The van der Waals surface area contributed by atoms with Crippen molar-refractivity contribution in [3.05, 3.63) is 24.0 Å². The van der Waals surface area contributed by atoms with Crippen molar-refractivity contribution in [3.63, 3.8) is 0 Å². The fraction of sp³-hybridized carbons (Fsp3) is 0.600. The number of rotatable bonds is 3. The third-order valence-corrected chi connectivity index (χ3v) is 2.91. The molecule has 0 aliphatic heterocycles. The van der Waals surface area contributed by atoms with Gasteiger partial charge in [-0.2, -0.15) is 0 Å². The van der Waals surface area contributed by atoms with Crippen LogP contribution in [0.4, 0.5) is 0 Å². The maximum atomic E-state index is 3.30. The third-order valence-electron chi connectivity index (χ3n) is 2.91. The van der Waals surface area contributed by atoms with Crippen LogP contribution in [-0.4, -0.2) is 18.6 Å². The smallest absolute Gasteiger partial charge is 0.0181 e. The quantitative estimate of drug-likeness (QED) is 0.699. The number of aromatic nitrogens is 1. The number of hydrogen-bond acceptors (Lipinski definition) is 1. The van der Waals surface area contributed by atoms with Crippen molar-refractivity contribution in [2.75, 3.05) is 13.6 Å². The molecule has 2 rings (SSSR count). The van der Waals surface area contributed by atoms with Gasteiger partial charge >= 0.3 is 0 Å². The van der Waals surface area contributed by atoms with E-state index in [-0.39, 0.29) is 0 Å². The lowest BCUT2D eigenvalue weighted by molar-refractivity contribution is 0.246. The predicted molar refractivity (Wildman–Crippen MR) is 50.2 cm³/mol. The van der Waals surface area contributed by atoms with Gasteiger partial charge in [-0.05, 0) is 44.5 Å². The number of nitrogens with one attached hydrogen (secondary N) is 2. The van der Waals surface area contributed by atoms with Gasteiger partial charge in [0, 0.05) is 17.8 Å². The second-order valence-electron chi connectivity index (χ2n) is 3.63. The Balaban J connectivity index is 1.97. The largest absolute Gasteiger partial charge is 0.365 e. The Morgan fingerprint density at radius 1 is 1.58 bits per heavy atom. The van der Waals surface area contributed by atoms with Gasteiger partial charge in [-0.25, -0.2) is 0 Å². The summed E-state index contributed by atoms with van der Waals surface area (Å²) in [7, 11) is 2.03. The van der Waals surface area contributed by atoms with Gasteiger partial charge in [0.05, 0.1) is 0 Å². The van der Waals surface area contributed by atoms with Crippen molar-refractivity contribution in [3.8, 4) is 0 Å². The van der Waals surface area contributed by atoms with Crippen molar-refractivity contribution in [2.24, 2.45) is 5.92 Å². The summed E-state index contributed by atoms with van der Waals surface area (Å²) in [6, 6.07) is 4.29. The molecule has 0 bridgehead atoms. The number of aromatic amines is 1. The second-order valence-corrected chi connectivity index (χ2v) is 3.63. The molecule has 1 saturated carbocycles. The Hall–Kier alpha value is -0.760. The van der Waals surface area contributed by atoms with E-state index in [0.717, 1.165) is 18.4 Å². The van der Waals surface area contributed by atoms with Gasteiger partial charge in [0.25, 0.3) is 0 Å². The van der Waals surface area contributed by atoms with Gasteiger partial charge in [-0.15, -0.1) is 0 Å². The highest BCUT2D eigenvalue weighted by molar-refractivity contribution is 5.14. The summed E-state index contributed by atoms with van der Waals surface area (Å²) in [5.74, 6) is 1.64. The second kappa shape index (κ2) is 3.31. The molecule has 0 aromatic carbocycles. The van der Waals surface area contributed by atoms with Crippen LogP contribution in [0.2, 0.25) is 0 Å². The highest BCUT2D eigenvalue weighted by atomic mass is 14.8. The minimum atomic E-state index is 0.785. The van der Waals surface area contributed by atoms with Crippen LogP contribution in [-0.2, 0) is 0 Å². The van der Waals surface area contributed by atoms with E-state index in [2.05, 4.69) is 22.4 Å². The molecule has 2 unspecified atom stereocenters. The standard InChI is InChI=1S/C10H16N2/c1-11-7-8-4-5-9(8)10-3-2-6-12-10/h2-3,6,8-9,11-12H,4-5,7H2,1H3. The zero-order valence-corrected chi connectivity index (χ0v) is 7.51. The highest BCUT2D eigenvalue weighted by Gasteiger charge is 2.31. The lowest BCUT2D eigenvalue weighted by atomic mass is 9.72. The van der Waals surface area contributed by atoms with E-state index in [1.165, 1.54) is 18.5 Å². The number of hydrogen-bond donors (Lipinski definition) is 2. The molecule has 0 radical (unpaired) electrons. The predicted octanol–water partition coefficient (Wildman–Crippen LogP) is 1.73. The Kier molecular flexibility index (Phi) is 2.17. The molecule has 2 atom stereocenters. The van der Waals surface area contributed by atoms with Gasteiger partial charge in [0.1, 0.15) is 0 Å². The van der Waals surface area contributed by atoms with Crippen LogP contribution in [0.5, 0.6) is 0 Å².